The van der Waals surface area contributed by atoms with Crippen LogP contribution in [0.4, 0.5) is 0 Å². The Morgan fingerprint density at radius 3 is 2.39 bits per heavy atom. The van der Waals surface area contributed by atoms with E-state index < -0.39 is 11.9 Å². The van der Waals surface area contributed by atoms with Crippen LogP contribution in [0.3, 0.4) is 0 Å². The highest BCUT2D eigenvalue weighted by Gasteiger charge is 2.31. The van der Waals surface area contributed by atoms with Gasteiger partial charge >= 0.3 is 11.9 Å². The van der Waals surface area contributed by atoms with E-state index in [1.807, 2.05) is 42.5 Å². The van der Waals surface area contributed by atoms with Gasteiger partial charge in [0.05, 0.1) is 23.6 Å². The monoisotopic (exact) mass is 595 g/mol. The number of nitrogens with zero attached hydrogens (tertiary/aromatic N) is 3. The Morgan fingerprint density at radius 1 is 0.955 bits per heavy atom. The van der Waals surface area contributed by atoms with Crippen molar-refractivity contribution >= 4 is 17.8 Å². The van der Waals surface area contributed by atoms with Crippen LogP contribution >= 0.6 is 0 Å². The minimum absolute atomic E-state index is 0.0193. The molecule has 1 amide bonds. The van der Waals surface area contributed by atoms with E-state index in [1.54, 1.807) is 22.6 Å². The number of ether oxygens (including phenoxy) is 1. The van der Waals surface area contributed by atoms with Crippen molar-refractivity contribution in [2.45, 2.75) is 52.5 Å². The number of carboxylic acids is 1. The van der Waals surface area contributed by atoms with E-state index in [2.05, 4.69) is 13.0 Å². The number of hydrogen-bond acceptors (Lipinski definition) is 6. The first-order chi connectivity index (χ1) is 21.4. The van der Waals surface area contributed by atoms with Gasteiger partial charge in [0.25, 0.3) is 5.91 Å². The molecule has 2 N–H and O–H groups in total. The summed E-state index contributed by atoms with van der Waals surface area (Å²) in [5.74, 6) is -2.08. The van der Waals surface area contributed by atoms with Gasteiger partial charge in [-0.1, -0.05) is 55.8 Å². The molecule has 0 spiro atoms. The highest BCUT2D eigenvalue weighted by atomic mass is 16.5. The molecule has 3 aromatic carbocycles. The molecule has 44 heavy (non-hydrogen) atoms. The maximum Gasteiger partial charge on any atom is 0.359 e. The largest absolute Gasteiger partial charge is 0.478 e. The molecule has 2 heterocycles. The van der Waals surface area contributed by atoms with E-state index in [-0.39, 0.29) is 35.9 Å². The lowest BCUT2D eigenvalue weighted by Crippen LogP contribution is -2.36. The predicted octanol–water partition coefficient (Wildman–Crippen LogP) is 5.49. The molecular formula is C35H37N3O6. The molecule has 0 radical (unpaired) electrons. The summed E-state index contributed by atoms with van der Waals surface area (Å²) in [6.45, 7) is 4.85. The van der Waals surface area contributed by atoms with Crippen molar-refractivity contribution in [2.75, 3.05) is 19.8 Å². The number of aliphatic hydroxyl groups excluding tert-OH is 1. The van der Waals surface area contributed by atoms with Crippen molar-refractivity contribution in [3.8, 4) is 16.8 Å². The molecule has 0 fully saturated rings. The van der Waals surface area contributed by atoms with Crippen LogP contribution in [0.15, 0.2) is 66.7 Å². The van der Waals surface area contributed by atoms with Crippen molar-refractivity contribution in [3.05, 3.63) is 106 Å². The first kappa shape index (κ1) is 30.7. The van der Waals surface area contributed by atoms with E-state index in [9.17, 15) is 24.6 Å². The smallest absolute Gasteiger partial charge is 0.359 e. The van der Waals surface area contributed by atoms with Gasteiger partial charge in [-0.2, -0.15) is 5.10 Å². The Balaban J connectivity index is 1.70. The van der Waals surface area contributed by atoms with E-state index in [0.717, 1.165) is 35.3 Å². The number of rotatable bonds is 11. The number of esters is 1. The number of aliphatic hydroxyl groups is 1. The summed E-state index contributed by atoms with van der Waals surface area (Å²) in [7, 11) is 0. The molecule has 0 bridgehead atoms. The molecule has 9 heteroatoms. The fourth-order valence-corrected chi connectivity index (χ4v) is 5.71. The van der Waals surface area contributed by atoms with Gasteiger partial charge in [-0.05, 0) is 79.1 Å². The normalized spacial score (nSPS) is 12.6. The average molecular weight is 596 g/mol. The number of aromatic carboxylic acids is 1. The summed E-state index contributed by atoms with van der Waals surface area (Å²) in [6, 6.07) is 20.0. The van der Waals surface area contributed by atoms with E-state index in [0.29, 0.717) is 43.5 Å². The Hall–Kier alpha value is -4.76. The lowest BCUT2D eigenvalue weighted by Gasteiger charge is -2.29. The summed E-state index contributed by atoms with van der Waals surface area (Å²) >= 11 is 0. The van der Waals surface area contributed by atoms with E-state index in [4.69, 9.17) is 9.84 Å². The molecular weight excluding hydrogens is 558 g/mol. The van der Waals surface area contributed by atoms with Gasteiger partial charge < -0.3 is 19.8 Å². The van der Waals surface area contributed by atoms with Gasteiger partial charge in [-0.3, -0.25) is 4.79 Å². The third kappa shape index (κ3) is 6.28. The second kappa shape index (κ2) is 13.7. The third-order valence-electron chi connectivity index (χ3n) is 7.98. The van der Waals surface area contributed by atoms with Gasteiger partial charge in [0.15, 0.2) is 5.69 Å². The first-order valence-electron chi connectivity index (χ1n) is 15.1. The molecule has 0 saturated heterocycles. The summed E-state index contributed by atoms with van der Waals surface area (Å²) in [5.41, 5.74) is 5.81. The van der Waals surface area contributed by atoms with Crippen LogP contribution in [-0.2, 0) is 30.5 Å². The lowest BCUT2D eigenvalue weighted by atomic mass is 9.92. The fraction of sp³-hybridized carbons (Fsp3) is 0.314. The van der Waals surface area contributed by atoms with Crippen molar-refractivity contribution in [1.29, 1.82) is 0 Å². The molecule has 5 rings (SSSR count). The second-order valence-electron chi connectivity index (χ2n) is 10.9. The number of fused-ring (bicyclic) bond motifs is 1. The Bertz CT molecular complexity index is 1670. The van der Waals surface area contributed by atoms with Crippen LogP contribution < -0.4 is 0 Å². The molecule has 1 aromatic heterocycles. The molecule has 0 aliphatic carbocycles. The van der Waals surface area contributed by atoms with Crippen molar-refractivity contribution in [1.82, 2.24) is 14.7 Å². The molecule has 0 unspecified atom stereocenters. The Labute approximate surface area is 256 Å². The minimum atomic E-state index is -1.15. The Kier molecular flexibility index (Phi) is 9.55. The van der Waals surface area contributed by atoms with Crippen molar-refractivity contribution < 1.29 is 29.3 Å². The van der Waals surface area contributed by atoms with Gasteiger partial charge in [-0.25, -0.2) is 14.3 Å². The number of unbranched alkanes of at least 4 members (excludes halogenated alkanes) is 1. The van der Waals surface area contributed by atoms with Gasteiger partial charge in [0, 0.05) is 30.8 Å². The zero-order chi connectivity index (χ0) is 31.2. The molecule has 228 valence electrons. The standard InChI is InChI=1S/C35H37N3O6/c1-3-5-10-30-31(32(35(43)44-4-2)36-38(30)27-14-11-23(12-15-27)18-20-39)28-16-13-25(34(41)42)21-29(28)33(40)37-19-17-24-8-6-7-9-26(24)22-37/h6-9,11-16,21,39H,3-5,10,17-20,22H2,1-2H3,(H,41,42). The number of carbonyl (C=O) groups excluding carboxylic acids is 2. The number of carboxylic acid groups (broad SMARTS) is 1. The summed E-state index contributed by atoms with van der Waals surface area (Å²) in [5, 5.41) is 24.0. The van der Waals surface area contributed by atoms with Crippen LogP contribution in [0.2, 0.25) is 0 Å². The van der Waals surface area contributed by atoms with Crippen LogP contribution in [-0.4, -0.2) is 62.5 Å². The van der Waals surface area contributed by atoms with Crippen molar-refractivity contribution in [3.63, 3.8) is 0 Å². The molecule has 0 atom stereocenters. The minimum Gasteiger partial charge on any atom is -0.478 e. The summed E-state index contributed by atoms with van der Waals surface area (Å²) in [4.78, 5) is 41.5. The highest BCUT2D eigenvalue weighted by molar-refractivity contribution is 6.06. The van der Waals surface area contributed by atoms with Gasteiger partial charge in [-0.15, -0.1) is 0 Å². The fourth-order valence-electron chi connectivity index (χ4n) is 5.71. The average Bonchev–Trinajstić information content (AvgIpc) is 3.42. The summed E-state index contributed by atoms with van der Waals surface area (Å²) in [6.07, 6.45) is 3.44. The number of benzene rings is 3. The summed E-state index contributed by atoms with van der Waals surface area (Å²) < 4.78 is 7.15. The lowest BCUT2D eigenvalue weighted by molar-refractivity contribution is 0.0518. The quantitative estimate of drug-likeness (QED) is 0.220. The maximum atomic E-state index is 14.3. The number of carbonyl (C=O) groups is 3. The van der Waals surface area contributed by atoms with Gasteiger partial charge in [0.2, 0.25) is 0 Å². The van der Waals surface area contributed by atoms with E-state index in [1.165, 1.54) is 17.7 Å². The highest BCUT2D eigenvalue weighted by Crippen LogP contribution is 2.36. The number of aromatic nitrogens is 2. The number of hydrogen-bond donors (Lipinski definition) is 2. The zero-order valence-electron chi connectivity index (χ0n) is 25.1. The molecule has 1 aliphatic heterocycles. The zero-order valence-corrected chi connectivity index (χ0v) is 25.1. The number of amides is 1. The first-order valence-corrected chi connectivity index (χ1v) is 15.1. The van der Waals surface area contributed by atoms with Crippen LogP contribution in [0.1, 0.15) is 80.3 Å². The van der Waals surface area contributed by atoms with E-state index >= 15 is 0 Å². The third-order valence-corrected chi connectivity index (χ3v) is 7.98. The Morgan fingerprint density at radius 2 is 1.70 bits per heavy atom. The predicted molar refractivity (Wildman–Crippen MR) is 166 cm³/mol. The van der Waals surface area contributed by atoms with Gasteiger partial charge in [0.1, 0.15) is 0 Å². The maximum absolute atomic E-state index is 14.3. The van der Waals surface area contributed by atoms with Crippen LogP contribution in [0.25, 0.3) is 16.8 Å². The topological polar surface area (TPSA) is 122 Å². The van der Waals surface area contributed by atoms with Crippen LogP contribution in [0, 0.1) is 0 Å². The second-order valence-corrected chi connectivity index (χ2v) is 10.9. The molecule has 9 nitrogen and oxygen atoms in total. The SMILES string of the molecule is CCCCc1c(-c2ccc(C(=O)O)cc2C(=O)N2CCc3ccccc3C2)c(C(=O)OCC)nn1-c1ccc(CCO)cc1. The molecule has 1 aliphatic rings. The van der Waals surface area contributed by atoms with Crippen LogP contribution in [0.5, 0.6) is 0 Å². The molecule has 4 aromatic rings. The van der Waals surface area contributed by atoms with Crippen molar-refractivity contribution in [2.24, 2.45) is 0 Å². The molecule has 0 saturated carbocycles.